The Hall–Kier alpha value is -1.71. The van der Waals surface area contributed by atoms with Crippen molar-refractivity contribution in [2.45, 2.75) is 18.9 Å². The monoisotopic (exact) mass is 204 g/mol. The van der Waals surface area contributed by atoms with E-state index in [1.807, 2.05) is 12.1 Å². The molecule has 1 atom stereocenters. The van der Waals surface area contributed by atoms with Crippen LogP contribution in [0.5, 0.6) is 0 Å². The van der Waals surface area contributed by atoms with E-state index in [0.29, 0.717) is 6.42 Å². The standard InChI is InChI=1S/C11H12N2O2/c14-11(15)10-5-7-6-3-4-12-8(6)1-2-9(7)13-10/h1-2,10,12-13H,3-5H2,(H,14,15). The lowest BCUT2D eigenvalue weighted by molar-refractivity contribution is -0.137. The molecule has 1 aromatic rings. The van der Waals surface area contributed by atoms with Crippen LogP contribution in [0.25, 0.3) is 0 Å². The molecule has 0 spiro atoms. The Kier molecular flexibility index (Phi) is 1.65. The Bertz CT molecular complexity index is 442. The van der Waals surface area contributed by atoms with E-state index in [2.05, 4.69) is 10.6 Å². The van der Waals surface area contributed by atoms with Crippen molar-refractivity contribution in [3.63, 3.8) is 0 Å². The lowest BCUT2D eigenvalue weighted by Gasteiger charge is -2.05. The van der Waals surface area contributed by atoms with Crippen molar-refractivity contribution in [1.82, 2.24) is 0 Å². The van der Waals surface area contributed by atoms with Gasteiger partial charge in [0, 0.05) is 24.3 Å². The molecule has 0 fully saturated rings. The van der Waals surface area contributed by atoms with E-state index in [0.717, 1.165) is 18.7 Å². The molecule has 4 heteroatoms. The third kappa shape index (κ3) is 1.17. The normalized spacial score (nSPS) is 21.5. The molecule has 3 rings (SSSR count). The molecule has 1 unspecified atom stereocenters. The van der Waals surface area contributed by atoms with Crippen LogP contribution in [0.15, 0.2) is 12.1 Å². The first-order valence-corrected chi connectivity index (χ1v) is 5.13. The van der Waals surface area contributed by atoms with Crippen molar-refractivity contribution in [1.29, 1.82) is 0 Å². The van der Waals surface area contributed by atoms with Crippen LogP contribution in [0.2, 0.25) is 0 Å². The van der Waals surface area contributed by atoms with Crippen LogP contribution in [0.1, 0.15) is 11.1 Å². The van der Waals surface area contributed by atoms with Gasteiger partial charge >= 0.3 is 5.97 Å². The molecule has 0 saturated carbocycles. The lowest BCUT2D eigenvalue weighted by atomic mass is 10.0. The average molecular weight is 204 g/mol. The van der Waals surface area contributed by atoms with Crippen LogP contribution >= 0.6 is 0 Å². The van der Waals surface area contributed by atoms with Gasteiger partial charge in [-0.1, -0.05) is 0 Å². The van der Waals surface area contributed by atoms with Crippen molar-refractivity contribution in [3.05, 3.63) is 23.3 Å². The molecule has 2 aliphatic heterocycles. The minimum absolute atomic E-state index is 0.452. The number of hydrogen-bond acceptors (Lipinski definition) is 3. The van der Waals surface area contributed by atoms with Gasteiger partial charge in [-0.25, -0.2) is 4.79 Å². The molecule has 1 aromatic carbocycles. The van der Waals surface area contributed by atoms with Gasteiger partial charge in [0.25, 0.3) is 0 Å². The summed E-state index contributed by atoms with van der Waals surface area (Å²) < 4.78 is 0. The summed E-state index contributed by atoms with van der Waals surface area (Å²) in [4.78, 5) is 10.9. The number of carboxylic acid groups (broad SMARTS) is 1. The third-order valence-corrected chi connectivity index (χ3v) is 3.16. The number of nitrogens with one attached hydrogen (secondary N) is 2. The number of carboxylic acids is 1. The summed E-state index contributed by atoms with van der Waals surface area (Å²) in [7, 11) is 0. The highest BCUT2D eigenvalue weighted by molar-refractivity contribution is 5.83. The average Bonchev–Trinajstić information content (AvgIpc) is 2.82. The van der Waals surface area contributed by atoms with Gasteiger partial charge in [-0.3, -0.25) is 0 Å². The summed E-state index contributed by atoms with van der Waals surface area (Å²) >= 11 is 0. The number of carbonyl (C=O) groups is 1. The lowest BCUT2D eigenvalue weighted by Crippen LogP contribution is -2.26. The predicted molar refractivity (Wildman–Crippen MR) is 57.4 cm³/mol. The summed E-state index contributed by atoms with van der Waals surface area (Å²) in [5.74, 6) is -0.772. The van der Waals surface area contributed by atoms with Gasteiger partial charge in [0.15, 0.2) is 0 Å². The summed E-state index contributed by atoms with van der Waals surface area (Å²) in [5.41, 5.74) is 4.64. The number of benzene rings is 1. The number of hydrogen-bond donors (Lipinski definition) is 3. The molecule has 78 valence electrons. The van der Waals surface area contributed by atoms with Gasteiger partial charge in [-0.2, -0.15) is 0 Å². The second-order valence-electron chi connectivity index (χ2n) is 4.03. The molecular weight excluding hydrogens is 192 g/mol. The molecule has 2 heterocycles. The van der Waals surface area contributed by atoms with Crippen molar-refractivity contribution in [2.24, 2.45) is 0 Å². The van der Waals surface area contributed by atoms with E-state index < -0.39 is 12.0 Å². The van der Waals surface area contributed by atoms with E-state index in [-0.39, 0.29) is 0 Å². The highest BCUT2D eigenvalue weighted by atomic mass is 16.4. The van der Waals surface area contributed by atoms with Crippen LogP contribution in [-0.2, 0) is 17.6 Å². The van der Waals surface area contributed by atoms with Crippen molar-refractivity contribution in [2.75, 3.05) is 17.2 Å². The SMILES string of the molecule is O=C(O)C1Cc2c(ccc3c2CCN3)N1. The fraction of sp³-hybridized carbons (Fsp3) is 0.364. The number of rotatable bonds is 1. The summed E-state index contributed by atoms with van der Waals surface area (Å²) in [5, 5.41) is 15.3. The molecular formula is C11H12N2O2. The van der Waals surface area contributed by atoms with E-state index in [1.54, 1.807) is 0 Å². The predicted octanol–water partition coefficient (Wildman–Crippen LogP) is 1.08. The van der Waals surface area contributed by atoms with Gasteiger partial charge in [-0.15, -0.1) is 0 Å². The maximum absolute atomic E-state index is 10.9. The van der Waals surface area contributed by atoms with E-state index >= 15 is 0 Å². The highest BCUT2D eigenvalue weighted by Crippen LogP contribution is 2.36. The molecule has 0 amide bonds. The van der Waals surface area contributed by atoms with Crippen LogP contribution < -0.4 is 10.6 Å². The first-order chi connectivity index (χ1) is 7.25. The zero-order chi connectivity index (χ0) is 10.4. The molecule has 0 saturated heterocycles. The number of anilines is 2. The molecule has 15 heavy (non-hydrogen) atoms. The molecule has 0 aromatic heterocycles. The molecule has 0 bridgehead atoms. The van der Waals surface area contributed by atoms with Gasteiger partial charge in [-0.05, 0) is 29.7 Å². The Balaban J connectivity index is 2.03. The van der Waals surface area contributed by atoms with Gasteiger partial charge in [0.2, 0.25) is 0 Å². The van der Waals surface area contributed by atoms with Crippen molar-refractivity contribution >= 4 is 17.3 Å². The van der Waals surface area contributed by atoms with Gasteiger partial charge in [0.05, 0.1) is 0 Å². The first kappa shape index (κ1) is 8.59. The van der Waals surface area contributed by atoms with Crippen LogP contribution in [0.4, 0.5) is 11.4 Å². The molecule has 3 N–H and O–H groups in total. The number of aliphatic carboxylic acids is 1. The van der Waals surface area contributed by atoms with E-state index in [4.69, 9.17) is 5.11 Å². The fourth-order valence-corrected chi connectivity index (χ4v) is 2.43. The molecule has 2 aliphatic rings. The van der Waals surface area contributed by atoms with Crippen LogP contribution in [0.3, 0.4) is 0 Å². The highest BCUT2D eigenvalue weighted by Gasteiger charge is 2.30. The molecule has 4 nitrogen and oxygen atoms in total. The smallest absolute Gasteiger partial charge is 0.326 e. The largest absolute Gasteiger partial charge is 0.480 e. The first-order valence-electron chi connectivity index (χ1n) is 5.13. The summed E-state index contributed by atoms with van der Waals surface area (Å²) in [6, 6.07) is 3.54. The Morgan fingerprint density at radius 3 is 2.93 bits per heavy atom. The minimum Gasteiger partial charge on any atom is -0.480 e. The van der Waals surface area contributed by atoms with Crippen LogP contribution in [0, 0.1) is 0 Å². The maximum Gasteiger partial charge on any atom is 0.326 e. The summed E-state index contributed by atoms with van der Waals surface area (Å²) in [6.07, 6.45) is 1.61. The molecule has 0 aliphatic carbocycles. The number of fused-ring (bicyclic) bond motifs is 3. The minimum atomic E-state index is -0.772. The van der Waals surface area contributed by atoms with Crippen LogP contribution in [-0.4, -0.2) is 23.7 Å². The van der Waals surface area contributed by atoms with E-state index in [1.165, 1.54) is 16.8 Å². The topological polar surface area (TPSA) is 61.4 Å². The molecule has 0 radical (unpaired) electrons. The Labute approximate surface area is 87.3 Å². The zero-order valence-corrected chi connectivity index (χ0v) is 8.21. The fourth-order valence-electron chi connectivity index (χ4n) is 2.43. The summed E-state index contributed by atoms with van der Waals surface area (Å²) in [6.45, 7) is 0.962. The maximum atomic E-state index is 10.9. The Morgan fingerprint density at radius 1 is 1.33 bits per heavy atom. The Morgan fingerprint density at radius 2 is 2.13 bits per heavy atom. The quantitative estimate of drug-likeness (QED) is 0.640. The van der Waals surface area contributed by atoms with Crippen molar-refractivity contribution in [3.8, 4) is 0 Å². The van der Waals surface area contributed by atoms with Crippen molar-refractivity contribution < 1.29 is 9.90 Å². The van der Waals surface area contributed by atoms with E-state index in [9.17, 15) is 4.79 Å². The third-order valence-electron chi connectivity index (χ3n) is 3.16. The van der Waals surface area contributed by atoms with Gasteiger partial charge < -0.3 is 15.7 Å². The second-order valence-corrected chi connectivity index (χ2v) is 4.03. The zero-order valence-electron chi connectivity index (χ0n) is 8.21. The second kappa shape index (κ2) is 2.89. The van der Waals surface area contributed by atoms with Gasteiger partial charge in [0.1, 0.15) is 6.04 Å².